The number of amides is 1. The SMILES string of the molecule is CCN(CCc1cn(C(=O)OC(C)(C)C)c2ccc(F)cc12)C(=O)c1cc(C)ccc1-n1nccn1. The van der Waals surface area contributed by atoms with Crippen molar-refractivity contribution in [2.75, 3.05) is 13.1 Å². The summed E-state index contributed by atoms with van der Waals surface area (Å²) in [6.07, 6.45) is 4.68. The molecule has 4 rings (SSSR count). The smallest absolute Gasteiger partial charge is 0.419 e. The minimum atomic E-state index is -0.672. The molecule has 1 amide bonds. The van der Waals surface area contributed by atoms with Crippen LogP contribution in [0, 0.1) is 12.7 Å². The zero-order valence-corrected chi connectivity index (χ0v) is 21.2. The van der Waals surface area contributed by atoms with Gasteiger partial charge in [0.2, 0.25) is 0 Å². The molecule has 8 nitrogen and oxygen atoms in total. The summed E-state index contributed by atoms with van der Waals surface area (Å²) >= 11 is 0. The lowest BCUT2D eigenvalue weighted by molar-refractivity contribution is 0.0543. The molecular formula is C27H30FN5O3. The van der Waals surface area contributed by atoms with Gasteiger partial charge in [-0.1, -0.05) is 11.6 Å². The second kappa shape index (κ2) is 9.93. The quantitative estimate of drug-likeness (QED) is 0.372. The normalized spacial score (nSPS) is 11.6. The van der Waals surface area contributed by atoms with E-state index >= 15 is 0 Å². The standard InChI is InChI=1S/C27H30FN5O3/c1-6-31(25(34)22-15-18(2)7-9-24(22)33-29-12-13-30-33)14-11-19-17-32(26(35)36-27(3,4)5)23-10-8-20(28)16-21(19)23/h7-10,12-13,15-17H,6,11,14H2,1-5H3. The maximum absolute atomic E-state index is 14.1. The Hall–Kier alpha value is -4.01. The van der Waals surface area contributed by atoms with Crippen LogP contribution in [0.3, 0.4) is 0 Å². The summed E-state index contributed by atoms with van der Waals surface area (Å²) in [7, 11) is 0. The van der Waals surface area contributed by atoms with Gasteiger partial charge in [0.1, 0.15) is 11.4 Å². The Morgan fingerprint density at radius 3 is 2.47 bits per heavy atom. The second-order valence-corrected chi connectivity index (χ2v) is 9.64. The summed E-state index contributed by atoms with van der Waals surface area (Å²) in [6, 6.07) is 9.85. The summed E-state index contributed by atoms with van der Waals surface area (Å²) in [5.74, 6) is -0.555. The Bertz CT molecular complexity index is 1400. The van der Waals surface area contributed by atoms with Crippen molar-refractivity contribution in [3.8, 4) is 5.69 Å². The molecule has 0 aliphatic carbocycles. The molecule has 0 unspecified atom stereocenters. The van der Waals surface area contributed by atoms with Crippen LogP contribution < -0.4 is 0 Å². The zero-order chi connectivity index (χ0) is 26.0. The number of likely N-dealkylation sites (N-methyl/N-ethyl adjacent to an activating group) is 1. The first kappa shape index (κ1) is 25.1. The minimum Gasteiger partial charge on any atom is -0.443 e. The molecule has 2 aromatic carbocycles. The van der Waals surface area contributed by atoms with E-state index in [-0.39, 0.29) is 5.91 Å². The van der Waals surface area contributed by atoms with Gasteiger partial charge in [0.05, 0.1) is 29.2 Å². The summed E-state index contributed by atoms with van der Waals surface area (Å²) in [5.41, 5.74) is 2.67. The maximum atomic E-state index is 14.1. The third kappa shape index (κ3) is 5.30. The summed E-state index contributed by atoms with van der Waals surface area (Å²) in [4.78, 5) is 29.5. The Morgan fingerprint density at radius 2 is 1.81 bits per heavy atom. The number of aromatic nitrogens is 4. The highest BCUT2D eigenvalue weighted by atomic mass is 19.1. The highest BCUT2D eigenvalue weighted by Gasteiger charge is 2.23. The molecule has 36 heavy (non-hydrogen) atoms. The number of nitrogens with zero attached hydrogens (tertiary/aromatic N) is 5. The van der Waals surface area contributed by atoms with Crippen molar-refractivity contribution in [2.24, 2.45) is 0 Å². The molecule has 188 valence electrons. The Morgan fingerprint density at radius 1 is 1.08 bits per heavy atom. The highest BCUT2D eigenvalue weighted by molar-refractivity contribution is 5.98. The van der Waals surface area contributed by atoms with Gasteiger partial charge in [0.25, 0.3) is 5.91 Å². The summed E-state index contributed by atoms with van der Waals surface area (Å²) < 4.78 is 21.1. The van der Waals surface area contributed by atoms with Gasteiger partial charge >= 0.3 is 6.09 Å². The van der Waals surface area contributed by atoms with Crippen molar-refractivity contribution < 1.29 is 18.7 Å². The minimum absolute atomic E-state index is 0.157. The number of hydrogen-bond donors (Lipinski definition) is 0. The number of carbonyl (C=O) groups excluding carboxylic acids is 2. The first-order chi connectivity index (χ1) is 17.1. The lowest BCUT2D eigenvalue weighted by Gasteiger charge is -2.22. The van der Waals surface area contributed by atoms with Gasteiger partial charge in [-0.25, -0.2) is 9.18 Å². The van der Waals surface area contributed by atoms with Crippen LogP contribution in [0.1, 0.15) is 49.2 Å². The van der Waals surface area contributed by atoms with Crippen LogP contribution in [0.25, 0.3) is 16.6 Å². The molecule has 0 aliphatic heterocycles. The molecule has 0 saturated heterocycles. The van der Waals surface area contributed by atoms with Crippen molar-refractivity contribution in [2.45, 2.75) is 46.6 Å². The Kier molecular flexibility index (Phi) is 6.92. The number of ether oxygens (including phenoxy) is 1. The highest BCUT2D eigenvalue weighted by Crippen LogP contribution is 2.25. The number of carbonyl (C=O) groups is 2. The summed E-state index contributed by atoms with van der Waals surface area (Å²) in [5, 5.41) is 8.97. The number of benzene rings is 2. The lowest BCUT2D eigenvalue weighted by atomic mass is 10.1. The topological polar surface area (TPSA) is 82.2 Å². The van der Waals surface area contributed by atoms with Crippen molar-refractivity contribution in [1.82, 2.24) is 24.5 Å². The van der Waals surface area contributed by atoms with Crippen molar-refractivity contribution >= 4 is 22.9 Å². The predicted molar refractivity (Wildman–Crippen MR) is 135 cm³/mol. The molecule has 0 saturated carbocycles. The van der Waals surface area contributed by atoms with E-state index in [1.165, 1.54) is 21.5 Å². The first-order valence-corrected chi connectivity index (χ1v) is 11.9. The fourth-order valence-electron chi connectivity index (χ4n) is 4.10. The van der Waals surface area contributed by atoms with Crippen LogP contribution in [0.2, 0.25) is 0 Å². The Labute approximate surface area is 209 Å². The fraction of sp³-hybridized carbons (Fsp3) is 0.333. The molecule has 0 radical (unpaired) electrons. The Balaban J connectivity index is 1.63. The van der Waals surface area contributed by atoms with E-state index in [0.717, 1.165) is 11.1 Å². The van der Waals surface area contributed by atoms with E-state index in [1.807, 2.05) is 32.0 Å². The number of hydrogen-bond acceptors (Lipinski definition) is 5. The lowest BCUT2D eigenvalue weighted by Crippen LogP contribution is -2.33. The molecule has 2 aromatic heterocycles. The van der Waals surface area contributed by atoms with Crippen LogP contribution in [-0.4, -0.2) is 55.2 Å². The van der Waals surface area contributed by atoms with Crippen molar-refractivity contribution in [3.05, 3.63) is 77.5 Å². The molecule has 9 heteroatoms. The second-order valence-electron chi connectivity index (χ2n) is 9.64. The van der Waals surface area contributed by atoms with Crippen LogP contribution in [0.15, 0.2) is 55.0 Å². The number of fused-ring (bicyclic) bond motifs is 1. The van der Waals surface area contributed by atoms with Crippen LogP contribution >= 0.6 is 0 Å². The van der Waals surface area contributed by atoms with Gasteiger partial charge in [-0.15, -0.1) is 0 Å². The fourth-order valence-corrected chi connectivity index (χ4v) is 4.10. The molecule has 4 aromatic rings. The number of halogens is 1. The van der Waals surface area contributed by atoms with Gasteiger partial charge < -0.3 is 9.64 Å². The first-order valence-electron chi connectivity index (χ1n) is 11.9. The van der Waals surface area contributed by atoms with E-state index in [0.29, 0.717) is 41.7 Å². The van der Waals surface area contributed by atoms with Gasteiger partial charge in [-0.3, -0.25) is 9.36 Å². The van der Waals surface area contributed by atoms with Crippen molar-refractivity contribution in [3.63, 3.8) is 0 Å². The molecule has 0 spiro atoms. The molecule has 0 fully saturated rings. The van der Waals surface area contributed by atoms with Crippen LogP contribution in [-0.2, 0) is 11.2 Å². The summed E-state index contributed by atoms with van der Waals surface area (Å²) in [6.45, 7) is 10.0. The van der Waals surface area contributed by atoms with Crippen LogP contribution in [0.4, 0.5) is 9.18 Å². The van der Waals surface area contributed by atoms with E-state index in [9.17, 15) is 14.0 Å². The van der Waals surface area contributed by atoms with Crippen molar-refractivity contribution in [1.29, 1.82) is 0 Å². The molecular weight excluding hydrogens is 461 g/mol. The molecule has 2 heterocycles. The third-order valence-electron chi connectivity index (χ3n) is 5.78. The van der Waals surface area contributed by atoms with E-state index < -0.39 is 17.5 Å². The average Bonchev–Trinajstić information content (AvgIpc) is 3.46. The van der Waals surface area contributed by atoms with Gasteiger partial charge in [0, 0.05) is 24.7 Å². The molecule has 0 N–H and O–H groups in total. The predicted octanol–water partition coefficient (Wildman–Crippen LogP) is 5.16. The molecule has 0 aliphatic rings. The molecule has 0 atom stereocenters. The van der Waals surface area contributed by atoms with E-state index in [2.05, 4.69) is 10.2 Å². The monoisotopic (exact) mass is 491 g/mol. The van der Waals surface area contributed by atoms with Gasteiger partial charge in [-0.2, -0.15) is 15.0 Å². The van der Waals surface area contributed by atoms with Crippen LogP contribution in [0.5, 0.6) is 0 Å². The average molecular weight is 492 g/mol. The molecule has 0 bridgehead atoms. The number of aryl methyl sites for hydroxylation is 1. The largest absolute Gasteiger partial charge is 0.443 e. The van der Waals surface area contributed by atoms with Gasteiger partial charge in [0.15, 0.2) is 0 Å². The third-order valence-corrected chi connectivity index (χ3v) is 5.78. The van der Waals surface area contributed by atoms with E-state index in [4.69, 9.17) is 4.74 Å². The maximum Gasteiger partial charge on any atom is 0.419 e. The zero-order valence-electron chi connectivity index (χ0n) is 21.2. The van der Waals surface area contributed by atoms with Gasteiger partial charge in [-0.05, 0) is 76.9 Å². The van der Waals surface area contributed by atoms with E-state index in [1.54, 1.807) is 50.3 Å². The number of rotatable bonds is 6.